The van der Waals surface area contributed by atoms with Crippen LogP contribution in [0, 0.1) is 0 Å². The Balaban J connectivity index is 1.80. The molecule has 1 N–H and O–H groups in total. The van der Waals surface area contributed by atoms with Gasteiger partial charge in [0.2, 0.25) is 0 Å². The molecule has 2 saturated heterocycles. The van der Waals surface area contributed by atoms with Gasteiger partial charge in [0.25, 0.3) is 0 Å². The maximum Gasteiger partial charge on any atom is 0.322 e. The van der Waals surface area contributed by atoms with E-state index in [2.05, 4.69) is 21.9 Å². The molecule has 3 unspecified atom stereocenters. The van der Waals surface area contributed by atoms with Crippen LogP contribution >= 0.6 is 0 Å². The van der Waals surface area contributed by atoms with Crippen molar-refractivity contribution in [1.82, 2.24) is 9.80 Å². The van der Waals surface area contributed by atoms with Gasteiger partial charge in [-0.1, -0.05) is 30.3 Å². The average molecular weight is 246 g/mol. The number of benzene rings is 1. The molecule has 2 heterocycles. The van der Waals surface area contributed by atoms with Crippen LogP contribution in [0.1, 0.15) is 12.0 Å². The van der Waals surface area contributed by atoms with Crippen LogP contribution in [0.5, 0.6) is 0 Å². The number of nitrogens with zero attached hydrogens (tertiary/aromatic N) is 2. The fraction of sp³-hybridized carbons (Fsp3) is 0.500. The zero-order valence-electron chi connectivity index (χ0n) is 10.3. The number of carboxylic acid groups (broad SMARTS) is 1. The second-order valence-electron chi connectivity index (χ2n) is 5.21. The predicted molar refractivity (Wildman–Crippen MR) is 68.3 cm³/mol. The smallest absolute Gasteiger partial charge is 0.322 e. The van der Waals surface area contributed by atoms with Crippen LogP contribution in [0.25, 0.3) is 0 Å². The van der Waals surface area contributed by atoms with E-state index >= 15 is 0 Å². The largest absolute Gasteiger partial charge is 0.480 e. The summed E-state index contributed by atoms with van der Waals surface area (Å²) in [5.74, 6) is -0.692. The van der Waals surface area contributed by atoms with Gasteiger partial charge >= 0.3 is 5.97 Å². The molecule has 3 atom stereocenters. The molecular weight excluding hydrogens is 228 g/mol. The summed E-state index contributed by atoms with van der Waals surface area (Å²) in [6.45, 7) is 3.48. The molecule has 0 aromatic heterocycles. The summed E-state index contributed by atoms with van der Waals surface area (Å²) in [5, 5.41) is 9.38. The van der Waals surface area contributed by atoms with Crippen LogP contribution in [0.3, 0.4) is 0 Å². The van der Waals surface area contributed by atoms with Gasteiger partial charge in [-0.25, -0.2) is 0 Å². The molecule has 1 aromatic carbocycles. The molecule has 0 saturated carbocycles. The number of rotatable bonds is 3. The number of aliphatic carboxylic acids is 1. The molecule has 2 aliphatic heterocycles. The molecule has 2 aliphatic rings. The van der Waals surface area contributed by atoms with E-state index in [1.54, 1.807) is 0 Å². The van der Waals surface area contributed by atoms with Crippen molar-refractivity contribution in [3.63, 3.8) is 0 Å². The van der Waals surface area contributed by atoms with Crippen LogP contribution in [0.15, 0.2) is 30.3 Å². The Labute approximate surface area is 107 Å². The first-order valence-corrected chi connectivity index (χ1v) is 6.49. The summed E-state index contributed by atoms with van der Waals surface area (Å²) < 4.78 is 0. The fourth-order valence-corrected chi connectivity index (χ4v) is 3.11. The Morgan fingerprint density at radius 3 is 2.78 bits per heavy atom. The molecule has 96 valence electrons. The van der Waals surface area contributed by atoms with Gasteiger partial charge in [0.05, 0.1) is 0 Å². The zero-order chi connectivity index (χ0) is 12.5. The first-order valence-electron chi connectivity index (χ1n) is 6.49. The van der Waals surface area contributed by atoms with Crippen molar-refractivity contribution in [3.8, 4) is 0 Å². The molecule has 0 amide bonds. The fourth-order valence-electron chi connectivity index (χ4n) is 3.11. The summed E-state index contributed by atoms with van der Waals surface area (Å²) in [5.41, 5.74) is 1.20. The first kappa shape index (κ1) is 11.7. The molecule has 1 aromatic rings. The summed E-state index contributed by atoms with van der Waals surface area (Å²) >= 11 is 0. The van der Waals surface area contributed by atoms with E-state index in [-0.39, 0.29) is 6.04 Å². The van der Waals surface area contributed by atoms with Crippen molar-refractivity contribution >= 4 is 5.97 Å². The number of carbonyl (C=O) groups is 1. The second kappa shape index (κ2) is 4.71. The van der Waals surface area contributed by atoms with E-state index in [0.717, 1.165) is 26.1 Å². The van der Waals surface area contributed by atoms with Gasteiger partial charge in [0.1, 0.15) is 6.04 Å². The average Bonchev–Trinajstić information content (AvgIpc) is 2.77. The highest BCUT2D eigenvalue weighted by atomic mass is 16.4. The highest BCUT2D eigenvalue weighted by molar-refractivity contribution is 5.74. The maximum absolute atomic E-state index is 11.4. The van der Waals surface area contributed by atoms with Gasteiger partial charge in [-0.2, -0.15) is 0 Å². The van der Waals surface area contributed by atoms with E-state index in [1.807, 2.05) is 18.2 Å². The molecular formula is C14H18N2O2. The van der Waals surface area contributed by atoms with Gasteiger partial charge in [0.15, 0.2) is 0 Å². The van der Waals surface area contributed by atoms with Crippen LogP contribution in [0.4, 0.5) is 0 Å². The third kappa shape index (κ3) is 2.13. The lowest BCUT2D eigenvalue weighted by Gasteiger charge is -2.39. The Kier molecular flexibility index (Phi) is 3.06. The lowest BCUT2D eigenvalue weighted by molar-refractivity contribution is -0.146. The van der Waals surface area contributed by atoms with Crippen molar-refractivity contribution in [2.24, 2.45) is 0 Å². The lowest BCUT2D eigenvalue weighted by atomic mass is 10.1. The topological polar surface area (TPSA) is 43.8 Å². The molecule has 18 heavy (non-hydrogen) atoms. The van der Waals surface area contributed by atoms with Crippen molar-refractivity contribution in [1.29, 1.82) is 0 Å². The van der Waals surface area contributed by atoms with Gasteiger partial charge in [0, 0.05) is 25.7 Å². The van der Waals surface area contributed by atoms with Crippen LogP contribution in [-0.2, 0) is 11.3 Å². The summed E-state index contributed by atoms with van der Waals surface area (Å²) in [4.78, 5) is 15.8. The third-order valence-corrected chi connectivity index (χ3v) is 4.04. The molecule has 2 fully saturated rings. The summed E-state index contributed by atoms with van der Waals surface area (Å²) in [6.07, 6.45) is 1.09. The number of hydrogen-bond acceptors (Lipinski definition) is 3. The quantitative estimate of drug-likeness (QED) is 0.865. The molecule has 0 aliphatic carbocycles. The number of carboxylic acids is 1. The molecule has 3 rings (SSSR count). The number of piperazine rings is 1. The minimum atomic E-state index is -0.692. The highest BCUT2D eigenvalue weighted by Crippen LogP contribution is 2.26. The molecule has 0 radical (unpaired) electrons. The lowest BCUT2D eigenvalue weighted by Crippen LogP contribution is -2.56. The highest BCUT2D eigenvalue weighted by Gasteiger charge is 2.41. The maximum atomic E-state index is 11.4. The van der Waals surface area contributed by atoms with Crippen molar-refractivity contribution < 1.29 is 9.90 Å². The molecule has 2 bridgehead atoms. The number of hydrogen-bond donors (Lipinski definition) is 1. The third-order valence-electron chi connectivity index (χ3n) is 4.04. The van der Waals surface area contributed by atoms with E-state index in [4.69, 9.17) is 0 Å². The minimum Gasteiger partial charge on any atom is -0.480 e. The van der Waals surface area contributed by atoms with Gasteiger partial charge in [-0.05, 0) is 18.5 Å². The molecule has 4 heteroatoms. The Morgan fingerprint density at radius 1 is 1.28 bits per heavy atom. The molecule has 0 spiro atoms. The van der Waals surface area contributed by atoms with Crippen molar-refractivity contribution in [3.05, 3.63) is 35.9 Å². The van der Waals surface area contributed by atoms with Crippen LogP contribution in [0.2, 0.25) is 0 Å². The zero-order valence-corrected chi connectivity index (χ0v) is 10.3. The van der Waals surface area contributed by atoms with E-state index in [1.165, 1.54) is 5.56 Å². The van der Waals surface area contributed by atoms with Crippen molar-refractivity contribution in [2.45, 2.75) is 25.0 Å². The van der Waals surface area contributed by atoms with E-state index in [9.17, 15) is 9.90 Å². The predicted octanol–water partition coefficient (Wildman–Crippen LogP) is 1.03. The first-order chi connectivity index (χ1) is 8.74. The monoisotopic (exact) mass is 246 g/mol. The van der Waals surface area contributed by atoms with Crippen LogP contribution < -0.4 is 0 Å². The van der Waals surface area contributed by atoms with E-state index < -0.39 is 5.97 Å². The summed E-state index contributed by atoms with van der Waals surface area (Å²) in [7, 11) is 0. The SMILES string of the molecule is O=C(O)C1CN2CCC(C2)N1Cc1ccccc1. The Hall–Kier alpha value is -1.39. The van der Waals surface area contributed by atoms with Gasteiger partial charge in [-0.3, -0.25) is 14.6 Å². The number of fused-ring (bicyclic) bond motifs is 2. The Morgan fingerprint density at radius 2 is 2.06 bits per heavy atom. The Bertz CT molecular complexity index is 435. The van der Waals surface area contributed by atoms with Gasteiger partial charge < -0.3 is 5.11 Å². The minimum absolute atomic E-state index is 0.355. The van der Waals surface area contributed by atoms with Crippen LogP contribution in [-0.4, -0.2) is 52.6 Å². The molecule has 4 nitrogen and oxygen atoms in total. The summed E-state index contributed by atoms with van der Waals surface area (Å²) in [6, 6.07) is 10.2. The van der Waals surface area contributed by atoms with E-state index in [0.29, 0.717) is 12.6 Å². The van der Waals surface area contributed by atoms with Crippen molar-refractivity contribution in [2.75, 3.05) is 19.6 Å². The normalized spacial score (nSPS) is 31.4. The standard InChI is InChI=1S/C14H18N2O2/c17-14(18)13-10-15-7-6-12(9-15)16(13)8-11-4-2-1-3-5-11/h1-5,12-13H,6-10H2,(H,17,18). The second-order valence-corrected chi connectivity index (χ2v) is 5.21. The van der Waals surface area contributed by atoms with Gasteiger partial charge in [-0.15, -0.1) is 0 Å².